The molecule has 1 N–H and O–H groups in total. The second kappa shape index (κ2) is 7.28. The number of nitrogens with zero attached hydrogens (tertiary/aromatic N) is 1. The van der Waals surface area contributed by atoms with Crippen molar-refractivity contribution >= 4 is 0 Å². The van der Waals surface area contributed by atoms with E-state index in [4.69, 9.17) is 4.74 Å². The van der Waals surface area contributed by atoms with Gasteiger partial charge in [0.25, 0.3) is 0 Å². The summed E-state index contributed by atoms with van der Waals surface area (Å²) in [6.07, 6.45) is 6.70. The first-order valence-corrected chi connectivity index (χ1v) is 8.44. The third-order valence-corrected chi connectivity index (χ3v) is 5.14. The number of hydrogen-bond donors (Lipinski definition) is 1. The van der Waals surface area contributed by atoms with E-state index in [2.05, 4.69) is 34.5 Å². The molecule has 0 aliphatic carbocycles. The lowest BCUT2D eigenvalue weighted by Gasteiger charge is -2.34. The summed E-state index contributed by atoms with van der Waals surface area (Å²) in [4.78, 5) is 2.74. The summed E-state index contributed by atoms with van der Waals surface area (Å²) < 4.78 is 5.23. The molecule has 1 aromatic rings. The maximum absolute atomic E-state index is 5.23. The minimum Gasteiger partial charge on any atom is -0.497 e. The van der Waals surface area contributed by atoms with Gasteiger partial charge in [-0.2, -0.15) is 0 Å². The predicted molar refractivity (Wildman–Crippen MR) is 86.9 cm³/mol. The molecule has 0 spiro atoms. The third kappa shape index (κ3) is 3.78. The van der Waals surface area contributed by atoms with Gasteiger partial charge in [0.15, 0.2) is 0 Å². The molecule has 1 aromatic carbocycles. The first-order chi connectivity index (χ1) is 10.4. The van der Waals surface area contributed by atoms with E-state index in [1.807, 2.05) is 0 Å². The van der Waals surface area contributed by atoms with Crippen LogP contribution in [0.1, 0.15) is 31.2 Å². The normalized spacial score (nSPS) is 26.9. The average molecular weight is 288 g/mol. The topological polar surface area (TPSA) is 24.5 Å². The summed E-state index contributed by atoms with van der Waals surface area (Å²) in [7, 11) is 1.72. The van der Waals surface area contributed by atoms with Gasteiger partial charge in [-0.25, -0.2) is 0 Å². The van der Waals surface area contributed by atoms with Gasteiger partial charge in [-0.1, -0.05) is 12.1 Å². The summed E-state index contributed by atoms with van der Waals surface area (Å²) >= 11 is 0. The molecule has 0 amide bonds. The Morgan fingerprint density at radius 1 is 1.19 bits per heavy atom. The van der Waals surface area contributed by atoms with Crippen molar-refractivity contribution in [2.75, 3.05) is 33.3 Å². The molecule has 0 bridgehead atoms. The first kappa shape index (κ1) is 14.9. The Labute approximate surface area is 128 Å². The number of piperidine rings is 1. The number of likely N-dealkylation sites (tertiary alicyclic amines) is 1. The number of nitrogens with one attached hydrogen (secondary N) is 1. The molecule has 0 saturated carbocycles. The minimum absolute atomic E-state index is 0.816. The molecular weight excluding hydrogens is 260 g/mol. The molecule has 21 heavy (non-hydrogen) atoms. The Morgan fingerprint density at radius 3 is 2.76 bits per heavy atom. The number of benzene rings is 1. The highest BCUT2D eigenvalue weighted by Gasteiger charge is 2.31. The van der Waals surface area contributed by atoms with Crippen LogP contribution in [0, 0.1) is 5.92 Å². The van der Waals surface area contributed by atoms with Gasteiger partial charge in [0.2, 0.25) is 0 Å². The highest BCUT2D eigenvalue weighted by Crippen LogP contribution is 2.28. The van der Waals surface area contributed by atoms with Gasteiger partial charge in [-0.05, 0) is 75.4 Å². The Morgan fingerprint density at radius 2 is 2.05 bits per heavy atom. The zero-order valence-corrected chi connectivity index (χ0v) is 13.2. The van der Waals surface area contributed by atoms with Crippen LogP contribution in [0.2, 0.25) is 0 Å². The molecule has 0 aromatic heterocycles. The Kier molecular flexibility index (Phi) is 5.15. The van der Waals surface area contributed by atoms with E-state index in [0.717, 1.165) is 24.1 Å². The molecular formula is C18H28N2O. The summed E-state index contributed by atoms with van der Waals surface area (Å²) in [5.74, 6) is 1.82. The van der Waals surface area contributed by atoms with Gasteiger partial charge >= 0.3 is 0 Å². The van der Waals surface area contributed by atoms with Crippen molar-refractivity contribution in [3.05, 3.63) is 29.8 Å². The molecule has 2 unspecified atom stereocenters. The van der Waals surface area contributed by atoms with Crippen LogP contribution in [-0.2, 0) is 6.42 Å². The molecule has 3 rings (SSSR count). The lowest BCUT2D eigenvalue weighted by Crippen LogP contribution is -2.43. The van der Waals surface area contributed by atoms with Crippen LogP contribution in [0.5, 0.6) is 5.75 Å². The van der Waals surface area contributed by atoms with Crippen LogP contribution in [0.4, 0.5) is 0 Å². The second-order valence-corrected chi connectivity index (χ2v) is 6.45. The van der Waals surface area contributed by atoms with Gasteiger partial charge in [0.05, 0.1) is 7.11 Å². The van der Waals surface area contributed by atoms with Crippen LogP contribution < -0.4 is 10.1 Å². The Bertz CT molecular complexity index is 425. The van der Waals surface area contributed by atoms with Gasteiger partial charge in [-0.15, -0.1) is 0 Å². The molecule has 3 heteroatoms. The fourth-order valence-corrected chi connectivity index (χ4v) is 3.94. The van der Waals surface area contributed by atoms with Crippen LogP contribution >= 0.6 is 0 Å². The fourth-order valence-electron chi connectivity index (χ4n) is 3.94. The van der Waals surface area contributed by atoms with Gasteiger partial charge in [-0.3, -0.25) is 4.90 Å². The molecule has 2 aliphatic heterocycles. The summed E-state index contributed by atoms with van der Waals surface area (Å²) in [6.45, 7) is 4.93. The van der Waals surface area contributed by atoms with Crippen molar-refractivity contribution < 1.29 is 4.74 Å². The fraction of sp³-hybridized carbons (Fsp3) is 0.667. The van der Waals surface area contributed by atoms with Crippen molar-refractivity contribution in [3.63, 3.8) is 0 Å². The predicted octanol–water partition coefficient (Wildman–Crippen LogP) is 2.70. The van der Waals surface area contributed by atoms with Gasteiger partial charge in [0.1, 0.15) is 5.75 Å². The van der Waals surface area contributed by atoms with Crippen molar-refractivity contribution in [1.29, 1.82) is 0 Å². The molecule has 2 fully saturated rings. The van der Waals surface area contributed by atoms with Gasteiger partial charge < -0.3 is 10.1 Å². The van der Waals surface area contributed by atoms with Crippen LogP contribution in [0.15, 0.2) is 24.3 Å². The van der Waals surface area contributed by atoms with Gasteiger partial charge in [0, 0.05) is 12.6 Å². The molecule has 2 heterocycles. The van der Waals surface area contributed by atoms with Crippen molar-refractivity contribution in [3.8, 4) is 5.75 Å². The molecule has 2 saturated heterocycles. The zero-order valence-electron chi connectivity index (χ0n) is 13.2. The lowest BCUT2D eigenvalue weighted by atomic mass is 9.90. The van der Waals surface area contributed by atoms with Crippen molar-refractivity contribution in [1.82, 2.24) is 10.2 Å². The maximum atomic E-state index is 5.23. The van der Waals surface area contributed by atoms with E-state index in [0.29, 0.717) is 0 Å². The SMILES string of the molecule is COc1ccc(CCN2CCCC2C2CCCNC2)cc1. The molecule has 2 aliphatic rings. The zero-order chi connectivity index (χ0) is 14.5. The quantitative estimate of drug-likeness (QED) is 0.901. The van der Waals surface area contributed by atoms with Crippen LogP contribution in [0.3, 0.4) is 0 Å². The summed E-state index contributed by atoms with van der Waals surface area (Å²) in [5.41, 5.74) is 1.42. The molecule has 0 radical (unpaired) electrons. The Hall–Kier alpha value is -1.06. The van der Waals surface area contributed by atoms with E-state index in [1.165, 1.54) is 57.4 Å². The average Bonchev–Trinajstić information content (AvgIpc) is 3.03. The van der Waals surface area contributed by atoms with E-state index in [1.54, 1.807) is 7.11 Å². The second-order valence-electron chi connectivity index (χ2n) is 6.45. The maximum Gasteiger partial charge on any atom is 0.118 e. The third-order valence-electron chi connectivity index (χ3n) is 5.14. The standard InChI is InChI=1S/C18H28N2O/c1-21-17-8-6-15(7-9-17)10-13-20-12-3-5-18(20)16-4-2-11-19-14-16/h6-9,16,18-19H,2-5,10-14H2,1H3. The largest absolute Gasteiger partial charge is 0.497 e. The summed E-state index contributed by atoms with van der Waals surface area (Å²) in [5, 5.41) is 3.58. The minimum atomic E-state index is 0.816. The number of ether oxygens (including phenoxy) is 1. The van der Waals surface area contributed by atoms with Crippen molar-refractivity contribution in [2.45, 2.75) is 38.1 Å². The van der Waals surface area contributed by atoms with Crippen molar-refractivity contribution in [2.24, 2.45) is 5.92 Å². The van der Waals surface area contributed by atoms with E-state index in [-0.39, 0.29) is 0 Å². The number of rotatable bonds is 5. The lowest BCUT2D eigenvalue weighted by molar-refractivity contribution is 0.167. The van der Waals surface area contributed by atoms with Crippen LogP contribution in [0.25, 0.3) is 0 Å². The molecule has 2 atom stereocenters. The van der Waals surface area contributed by atoms with Crippen LogP contribution in [-0.4, -0.2) is 44.2 Å². The number of hydrogen-bond acceptors (Lipinski definition) is 3. The summed E-state index contributed by atoms with van der Waals surface area (Å²) in [6, 6.07) is 9.36. The number of methoxy groups -OCH3 is 1. The highest BCUT2D eigenvalue weighted by atomic mass is 16.5. The molecule has 3 nitrogen and oxygen atoms in total. The highest BCUT2D eigenvalue weighted by molar-refractivity contribution is 5.27. The van der Waals surface area contributed by atoms with E-state index >= 15 is 0 Å². The smallest absolute Gasteiger partial charge is 0.118 e. The monoisotopic (exact) mass is 288 g/mol. The first-order valence-electron chi connectivity index (χ1n) is 8.44. The van der Waals surface area contributed by atoms with E-state index in [9.17, 15) is 0 Å². The Balaban J connectivity index is 1.53. The van der Waals surface area contributed by atoms with E-state index < -0.39 is 0 Å². The molecule has 116 valence electrons.